The van der Waals surface area contributed by atoms with Crippen LogP contribution in [0.15, 0.2) is 79.1 Å². The Bertz CT molecular complexity index is 1270. The summed E-state index contributed by atoms with van der Waals surface area (Å²) >= 11 is 0. The summed E-state index contributed by atoms with van der Waals surface area (Å²) in [6.07, 6.45) is 4.67. The molecule has 0 aliphatic rings. The van der Waals surface area contributed by atoms with Gasteiger partial charge in [-0.3, -0.25) is 4.98 Å². The van der Waals surface area contributed by atoms with Gasteiger partial charge in [-0.1, -0.05) is 12.1 Å². The molecule has 0 unspecified atom stereocenters. The standard InChI is InChI=1S/C26H22N6O/c27-13-1-2-15-33-25-11-5-20(6-12-25)18-30-22-7-9-23(10-8-22)32-24(17-28)16-26(31-32)21-4-3-14-29-19-21/h3-12,14,16,19,30H,1-2,15,18H2. The number of anilines is 1. The van der Waals surface area contributed by atoms with Crippen LogP contribution in [-0.2, 0) is 6.54 Å². The number of aromatic nitrogens is 3. The lowest BCUT2D eigenvalue weighted by atomic mass is 10.2. The third-order valence-corrected chi connectivity index (χ3v) is 5.01. The molecular formula is C26H22N6O. The van der Waals surface area contributed by atoms with E-state index in [1.54, 1.807) is 23.1 Å². The Kier molecular flexibility index (Phi) is 6.95. The predicted octanol–water partition coefficient (Wildman–Crippen LogP) is 5.10. The molecule has 1 N–H and O–H groups in total. The van der Waals surface area contributed by atoms with E-state index >= 15 is 0 Å². The molecule has 4 rings (SSSR count). The topological polar surface area (TPSA) is 99.5 Å². The van der Waals surface area contributed by atoms with Crippen LogP contribution in [0.5, 0.6) is 5.75 Å². The highest BCUT2D eigenvalue weighted by Gasteiger charge is 2.11. The van der Waals surface area contributed by atoms with E-state index in [4.69, 9.17) is 10.00 Å². The van der Waals surface area contributed by atoms with Crippen molar-refractivity contribution in [3.8, 4) is 34.8 Å². The largest absolute Gasteiger partial charge is 0.494 e. The molecule has 0 bridgehead atoms. The van der Waals surface area contributed by atoms with Crippen molar-refractivity contribution in [1.29, 1.82) is 10.5 Å². The van der Waals surface area contributed by atoms with Crippen LogP contribution in [0.1, 0.15) is 24.1 Å². The summed E-state index contributed by atoms with van der Waals surface area (Å²) < 4.78 is 7.26. The Labute approximate surface area is 192 Å². The molecule has 2 aromatic carbocycles. The van der Waals surface area contributed by atoms with E-state index < -0.39 is 0 Å². The first-order valence-electron chi connectivity index (χ1n) is 10.6. The molecule has 2 heterocycles. The second-order valence-corrected chi connectivity index (χ2v) is 7.33. The minimum atomic E-state index is 0.462. The number of nitriles is 2. The number of pyridine rings is 1. The average Bonchev–Trinajstić information content (AvgIpc) is 3.32. The molecule has 4 aromatic rings. The van der Waals surface area contributed by atoms with E-state index in [1.165, 1.54) is 0 Å². The number of hydrogen-bond donors (Lipinski definition) is 1. The van der Waals surface area contributed by atoms with Crippen LogP contribution in [-0.4, -0.2) is 21.4 Å². The second-order valence-electron chi connectivity index (χ2n) is 7.33. The fraction of sp³-hybridized carbons (Fsp3) is 0.154. The van der Waals surface area contributed by atoms with Gasteiger partial charge >= 0.3 is 0 Å². The van der Waals surface area contributed by atoms with Crippen LogP contribution < -0.4 is 10.1 Å². The Morgan fingerprint density at radius 3 is 2.52 bits per heavy atom. The zero-order valence-electron chi connectivity index (χ0n) is 18.0. The van der Waals surface area contributed by atoms with Gasteiger partial charge < -0.3 is 10.1 Å². The molecule has 0 saturated carbocycles. The molecule has 0 fully saturated rings. The average molecular weight is 435 g/mol. The van der Waals surface area contributed by atoms with Crippen molar-refractivity contribution in [2.45, 2.75) is 19.4 Å². The van der Waals surface area contributed by atoms with Gasteiger partial charge in [-0.15, -0.1) is 0 Å². The normalized spacial score (nSPS) is 10.2. The monoisotopic (exact) mass is 434 g/mol. The van der Waals surface area contributed by atoms with Crippen molar-refractivity contribution in [2.24, 2.45) is 0 Å². The van der Waals surface area contributed by atoms with Crippen LogP contribution >= 0.6 is 0 Å². The minimum Gasteiger partial charge on any atom is -0.494 e. The smallest absolute Gasteiger partial charge is 0.144 e. The van der Waals surface area contributed by atoms with Crippen molar-refractivity contribution in [1.82, 2.24) is 14.8 Å². The molecule has 0 amide bonds. The number of nitrogens with zero attached hydrogens (tertiary/aromatic N) is 5. The summed E-state index contributed by atoms with van der Waals surface area (Å²) in [6.45, 7) is 1.22. The van der Waals surface area contributed by atoms with Crippen LogP contribution in [0.2, 0.25) is 0 Å². The summed E-state index contributed by atoms with van der Waals surface area (Å²) in [5.41, 5.74) is 4.94. The van der Waals surface area contributed by atoms with Crippen molar-refractivity contribution >= 4 is 5.69 Å². The maximum absolute atomic E-state index is 9.54. The fourth-order valence-corrected chi connectivity index (χ4v) is 3.28. The number of unbranched alkanes of at least 4 members (excludes halogenated alkanes) is 1. The predicted molar refractivity (Wildman–Crippen MR) is 126 cm³/mol. The van der Waals surface area contributed by atoms with E-state index in [0.29, 0.717) is 31.0 Å². The third-order valence-electron chi connectivity index (χ3n) is 5.01. The Balaban J connectivity index is 1.38. The quantitative estimate of drug-likeness (QED) is 0.368. The number of hydrogen-bond acceptors (Lipinski definition) is 6. The first kappa shape index (κ1) is 21.6. The molecular weight excluding hydrogens is 412 g/mol. The number of benzene rings is 2. The molecule has 0 aliphatic heterocycles. The molecule has 33 heavy (non-hydrogen) atoms. The van der Waals surface area contributed by atoms with Gasteiger partial charge in [0.05, 0.1) is 24.1 Å². The molecule has 7 heteroatoms. The van der Waals surface area contributed by atoms with Gasteiger partial charge in [0.1, 0.15) is 17.5 Å². The lowest BCUT2D eigenvalue weighted by Crippen LogP contribution is -2.02. The molecule has 7 nitrogen and oxygen atoms in total. The van der Waals surface area contributed by atoms with Crippen molar-refractivity contribution in [3.05, 3.63) is 90.4 Å². The summed E-state index contributed by atoms with van der Waals surface area (Å²) in [6, 6.07) is 25.6. The zero-order valence-corrected chi connectivity index (χ0v) is 18.0. The van der Waals surface area contributed by atoms with Gasteiger partial charge in [-0.05, 0) is 60.5 Å². The number of rotatable bonds is 9. The minimum absolute atomic E-state index is 0.462. The van der Waals surface area contributed by atoms with Crippen LogP contribution in [0.25, 0.3) is 16.9 Å². The summed E-state index contributed by atoms with van der Waals surface area (Å²) in [5.74, 6) is 0.805. The van der Waals surface area contributed by atoms with E-state index in [9.17, 15) is 5.26 Å². The van der Waals surface area contributed by atoms with E-state index in [1.807, 2.05) is 60.7 Å². The summed E-state index contributed by atoms with van der Waals surface area (Å²) in [5, 5.41) is 26.1. The molecule has 0 saturated heterocycles. The SMILES string of the molecule is N#CCCCOc1ccc(CNc2ccc(-n3nc(-c4cccnc4)cc3C#N)cc2)cc1. The lowest BCUT2D eigenvalue weighted by Gasteiger charge is -2.10. The van der Waals surface area contributed by atoms with E-state index in [0.717, 1.165) is 34.7 Å². The van der Waals surface area contributed by atoms with Crippen molar-refractivity contribution in [2.75, 3.05) is 11.9 Å². The molecule has 0 aliphatic carbocycles. The molecule has 2 aromatic heterocycles. The maximum atomic E-state index is 9.54. The van der Waals surface area contributed by atoms with Gasteiger partial charge in [0.15, 0.2) is 0 Å². The first-order valence-corrected chi connectivity index (χ1v) is 10.6. The number of nitrogens with one attached hydrogen (secondary N) is 1. The third kappa shape index (κ3) is 5.55. The first-order chi connectivity index (χ1) is 16.3. The lowest BCUT2D eigenvalue weighted by molar-refractivity contribution is 0.312. The van der Waals surface area contributed by atoms with Crippen LogP contribution in [0.4, 0.5) is 5.69 Å². The van der Waals surface area contributed by atoms with E-state index in [-0.39, 0.29) is 0 Å². The highest BCUT2D eigenvalue weighted by atomic mass is 16.5. The van der Waals surface area contributed by atoms with Gasteiger partial charge in [0, 0.05) is 42.7 Å². The second kappa shape index (κ2) is 10.6. The Morgan fingerprint density at radius 1 is 1.00 bits per heavy atom. The summed E-state index contributed by atoms with van der Waals surface area (Å²) in [4.78, 5) is 4.12. The maximum Gasteiger partial charge on any atom is 0.144 e. The van der Waals surface area contributed by atoms with Gasteiger partial charge in [0.2, 0.25) is 0 Å². The molecule has 0 radical (unpaired) electrons. The molecule has 162 valence electrons. The van der Waals surface area contributed by atoms with Gasteiger partial charge in [0.25, 0.3) is 0 Å². The van der Waals surface area contributed by atoms with Gasteiger partial charge in [-0.2, -0.15) is 15.6 Å². The van der Waals surface area contributed by atoms with Crippen LogP contribution in [0, 0.1) is 22.7 Å². The summed E-state index contributed by atoms with van der Waals surface area (Å²) in [7, 11) is 0. The fourth-order valence-electron chi connectivity index (χ4n) is 3.28. The highest BCUT2D eigenvalue weighted by molar-refractivity contribution is 5.60. The van der Waals surface area contributed by atoms with Gasteiger partial charge in [-0.25, -0.2) is 4.68 Å². The van der Waals surface area contributed by atoms with E-state index in [2.05, 4.69) is 27.5 Å². The molecule has 0 atom stereocenters. The van der Waals surface area contributed by atoms with Crippen molar-refractivity contribution < 1.29 is 4.74 Å². The van der Waals surface area contributed by atoms with Crippen molar-refractivity contribution in [3.63, 3.8) is 0 Å². The Morgan fingerprint density at radius 2 is 1.82 bits per heavy atom. The zero-order chi connectivity index (χ0) is 22.9. The number of ether oxygens (including phenoxy) is 1. The highest BCUT2D eigenvalue weighted by Crippen LogP contribution is 2.22. The van der Waals surface area contributed by atoms with Crippen LogP contribution in [0.3, 0.4) is 0 Å². The Hall–Kier alpha value is -4.62. The molecule has 0 spiro atoms.